The summed E-state index contributed by atoms with van der Waals surface area (Å²) in [5, 5.41) is 20.0. The first kappa shape index (κ1) is 32.8. The number of carbonyl (C=O) groups is 2. The number of nitrogens with zero attached hydrogens (tertiary/aromatic N) is 1. The van der Waals surface area contributed by atoms with Crippen LogP contribution in [-0.2, 0) is 16.0 Å². The van der Waals surface area contributed by atoms with Gasteiger partial charge in [-0.1, -0.05) is 12.1 Å². The van der Waals surface area contributed by atoms with E-state index in [0.29, 0.717) is 60.5 Å². The lowest BCUT2D eigenvalue weighted by molar-refractivity contribution is -0.136. The fourth-order valence-electron chi connectivity index (χ4n) is 4.46. The maximum atomic E-state index is 12.4. The highest BCUT2D eigenvalue weighted by atomic mass is 16.5. The molecule has 0 fully saturated rings. The van der Waals surface area contributed by atoms with Crippen LogP contribution in [-0.4, -0.2) is 63.1 Å². The van der Waals surface area contributed by atoms with E-state index in [4.69, 9.17) is 23.7 Å². The summed E-state index contributed by atoms with van der Waals surface area (Å²) in [5.41, 5.74) is 5.56. The number of allylic oxidation sites excluding steroid dienone is 2. The average Bonchev–Trinajstić information content (AvgIpc) is 2.98. The van der Waals surface area contributed by atoms with E-state index in [9.17, 15) is 14.7 Å². The van der Waals surface area contributed by atoms with Gasteiger partial charge in [-0.25, -0.2) is 9.59 Å². The highest BCUT2D eigenvalue weighted by Crippen LogP contribution is 2.35. The van der Waals surface area contributed by atoms with Crippen molar-refractivity contribution in [1.29, 1.82) is 0 Å². The number of ether oxygens (including phenoxy) is 5. The second-order valence-electron chi connectivity index (χ2n) is 9.28. The molecule has 0 unspecified atom stereocenters. The molecule has 12 heteroatoms. The minimum absolute atomic E-state index is 0.150. The quantitative estimate of drug-likeness (QED) is 0.0748. The van der Waals surface area contributed by atoms with Crippen molar-refractivity contribution in [3.05, 3.63) is 70.9 Å². The van der Waals surface area contributed by atoms with Crippen molar-refractivity contribution >= 4 is 18.2 Å². The Balaban J connectivity index is 1.72. The molecule has 2 aromatic carbocycles. The zero-order chi connectivity index (χ0) is 31.4. The molecular formula is C31H40N4O8. The summed E-state index contributed by atoms with van der Waals surface area (Å²) in [6.45, 7) is 12.2. The number of amides is 2. The molecule has 0 spiro atoms. The molecule has 0 saturated carbocycles. The van der Waals surface area contributed by atoms with E-state index < -0.39 is 24.3 Å². The SMILES string of the molecule is C=CCc1cc(/C=N\N[C@@H](O)COc2ccc([C@H]3NC(=O)NC(C)=C3C(=O)OC)cc2OCC)cc(OCC)c1OCC. The van der Waals surface area contributed by atoms with Crippen LogP contribution in [0, 0.1) is 0 Å². The number of hydrogen-bond donors (Lipinski definition) is 4. The first-order valence-corrected chi connectivity index (χ1v) is 14.0. The molecule has 232 valence electrons. The Hall–Kier alpha value is -4.71. The van der Waals surface area contributed by atoms with Crippen LogP contribution in [0.25, 0.3) is 0 Å². The molecule has 3 rings (SSSR count). The molecule has 4 N–H and O–H groups in total. The van der Waals surface area contributed by atoms with Crippen molar-refractivity contribution in [2.45, 2.75) is 46.4 Å². The summed E-state index contributed by atoms with van der Waals surface area (Å²) in [6.07, 6.45) is 2.80. The van der Waals surface area contributed by atoms with Gasteiger partial charge in [0, 0.05) is 11.3 Å². The molecule has 0 saturated heterocycles. The van der Waals surface area contributed by atoms with Gasteiger partial charge >= 0.3 is 12.0 Å². The van der Waals surface area contributed by atoms with Crippen LogP contribution in [0.3, 0.4) is 0 Å². The number of aliphatic hydroxyl groups is 1. The molecule has 1 aliphatic heterocycles. The van der Waals surface area contributed by atoms with Crippen molar-refractivity contribution in [2.24, 2.45) is 5.10 Å². The van der Waals surface area contributed by atoms with Gasteiger partial charge in [0.15, 0.2) is 29.2 Å². The lowest BCUT2D eigenvalue weighted by Crippen LogP contribution is -2.45. The van der Waals surface area contributed by atoms with Crippen molar-refractivity contribution in [1.82, 2.24) is 16.1 Å². The van der Waals surface area contributed by atoms with Gasteiger partial charge in [-0.2, -0.15) is 5.10 Å². The van der Waals surface area contributed by atoms with Gasteiger partial charge in [-0.15, -0.1) is 6.58 Å². The van der Waals surface area contributed by atoms with E-state index in [1.165, 1.54) is 7.11 Å². The largest absolute Gasteiger partial charge is 0.490 e. The number of methoxy groups -OCH3 is 1. The van der Waals surface area contributed by atoms with Gasteiger partial charge in [0.2, 0.25) is 0 Å². The number of urea groups is 1. The van der Waals surface area contributed by atoms with Gasteiger partial charge in [0.1, 0.15) is 6.61 Å². The number of hydrogen-bond acceptors (Lipinski definition) is 10. The Morgan fingerprint density at radius 1 is 1.07 bits per heavy atom. The van der Waals surface area contributed by atoms with E-state index in [-0.39, 0.29) is 12.2 Å². The molecule has 1 aliphatic rings. The standard InChI is InChI=1S/C31H40N4O8/c1-7-11-22-14-20(15-25(41-9-3)29(22)42-10-4)17-32-35-26(36)18-43-23-13-12-21(16-24(23)40-8-2)28-27(30(37)39-6)19(5)33-31(38)34-28/h7,12-17,26,28,35-36H,1,8-11,18H2,2-6H3,(H2,33,34,38)/b32-17-/t26-,28+/m0/s1. The summed E-state index contributed by atoms with van der Waals surface area (Å²) in [7, 11) is 1.28. The van der Waals surface area contributed by atoms with Crippen molar-refractivity contribution in [3.63, 3.8) is 0 Å². The molecule has 0 aromatic heterocycles. The number of benzene rings is 2. The number of nitrogens with one attached hydrogen (secondary N) is 3. The van der Waals surface area contributed by atoms with Crippen LogP contribution in [0.15, 0.2) is 59.4 Å². The predicted molar refractivity (Wildman–Crippen MR) is 162 cm³/mol. The molecule has 2 atom stereocenters. The number of carbonyl (C=O) groups excluding carboxylic acids is 2. The zero-order valence-corrected chi connectivity index (χ0v) is 25.2. The van der Waals surface area contributed by atoms with Gasteiger partial charge in [0.25, 0.3) is 0 Å². The Bertz CT molecular complexity index is 1360. The Labute approximate surface area is 251 Å². The third kappa shape index (κ3) is 8.65. The summed E-state index contributed by atoms with van der Waals surface area (Å²) >= 11 is 0. The smallest absolute Gasteiger partial charge is 0.337 e. The fourth-order valence-corrected chi connectivity index (χ4v) is 4.46. The topological polar surface area (TPSA) is 149 Å². The lowest BCUT2D eigenvalue weighted by Gasteiger charge is -2.28. The summed E-state index contributed by atoms with van der Waals surface area (Å²) in [4.78, 5) is 24.6. The molecular weight excluding hydrogens is 556 g/mol. The molecule has 0 bridgehead atoms. The van der Waals surface area contributed by atoms with Crippen LogP contribution in [0.4, 0.5) is 4.79 Å². The highest BCUT2D eigenvalue weighted by Gasteiger charge is 2.32. The maximum Gasteiger partial charge on any atom is 0.337 e. The van der Waals surface area contributed by atoms with Gasteiger partial charge in [0.05, 0.1) is 44.8 Å². The lowest BCUT2D eigenvalue weighted by atomic mass is 9.95. The Morgan fingerprint density at radius 2 is 1.79 bits per heavy atom. The molecule has 43 heavy (non-hydrogen) atoms. The second-order valence-corrected chi connectivity index (χ2v) is 9.28. The minimum atomic E-state index is -1.15. The monoisotopic (exact) mass is 596 g/mol. The average molecular weight is 597 g/mol. The van der Waals surface area contributed by atoms with Crippen LogP contribution < -0.4 is 35.0 Å². The maximum absolute atomic E-state index is 12.4. The van der Waals surface area contributed by atoms with E-state index in [1.54, 1.807) is 37.4 Å². The second kappa shape index (κ2) is 16.1. The summed E-state index contributed by atoms with van der Waals surface area (Å²) in [5.74, 6) is 1.44. The first-order valence-electron chi connectivity index (χ1n) is 14.0. The fraction of sp³-hybridized carbons (Fsp3) is 0.387. The van der Waals surface area contributed by atoms with Crippen LogP contribution in [0.5, 0.6) is 23.0 Å². The highest BCUT2D eigenvalue weighted by molar-refractivity contribution is 5.95. The Kier molecular flexibility index (Phi) is 12.3. The Morgan fingerprint density at radius 3 is 2.47 bits per heavy atom. The van der Waals surface area contributed by atoms with Crippen molar-refractivity contribution in [2.75, 3.05) is 33.5 Å². The molecule has 2 amide bonds. The number of rotatable bonds is 16. The van der Waals surface area contributed by atoms with Crippen molar-refractivity contribution < 1.29 is 38.4 Å². The number of hydrazone groups is 1. The molecule has 0 radical (unpaired) electrons. The minimum Gasteiger partial charge on any atom is -0.490 e. The van der Waals surface area contributed by atoms with E-state index >= 15 is 0 Å². The third-order valence-corrected chi connectivity index (χ3v) is 6.22. The molecule has 1 heterocycles. The number of esters is 1. The first-order chi connectivity index (χ1) is 20.8. The normalized spacial score (nSPS) is 15.3. The molecule has 12 nitrogen and oxygen atoms in total. The van der Waals surface area contributed by atoms with Gasteiger partial charge in [-0.05, 0) is 69.5 Å². The van der Waals surface area contributed by atoms with E-state index in [2.05, 4.69) is 27.7 Å². The molecule has 0 aliphatic carbocycles. The number of aliphatic hydroxyl groups excluding tert-OH is 1. The van der Waals surface area contributed by atoms with E-state index in [0.717, 1.165) is 11.1 Å². The van der Waals surface area contributed by atoms with Crippen LogP contribution in [0.1, 0.15) is 50.4 Å². The van der Waals surface area contributed by atoms with Crippen molar-refractivity contribution in [3.8, 4) is 23.0 Å². The summed E-state index contributed by atoms with van der Waals surface area (Å²) < 4.78 is 28.1. The van der Waals surface area contributed by atoms with Gasteiger partial charge in [-0.3, -0.25) is 5.43 Å². The zero-order valence-electron chi connectivity index (χ0n) is 25.2. The van der Waals surface area contributed by atoms with Gasteiger partial charge < -0.3 is 39.4 Å². The summed E-state index contributed by atoms with van der Waals surface area (Å²) in [6, 6.07) is 7.56. The molecule has 2 aromatic rings. The third-order valence-electron chi connectivity index (χ3n) is 6.22. The van der Waals surface area contributed by atoms with Crippen LogP contribution in [0.2, 0.25) is 0 Å². The van der Waals surface area contributed by atoms with Crippen LogP contribution >= 0.6 is 0 Å². The predicted octanol–water partition coefficient (Wildman–Crippen LogP) is 3.73. The van der Waals surface area contributed by atoms with E-state index in [1.807, 2.05) is 32.9 Å².